The minimum Gasteiger partial charge on any atom is -0.494 e. The number of benzene rings is 1. The van der Waals surface area contributed by atoms with E-state index < -0.39 is 26.6 Å². The molecule has 1 aromatic rings. The van der Waals surface area contributed by atoms with Gasteiger partial charge in [-0.15, -0.1) is 0 Å². The van der Waals surface area contributed by atoms with Crippen molar-refractivity contribution in [3.8, 4) is 5.75 Å². The molecule has 166 valence electrons. The molecular formula is C21H30N2O5S2. The fourth-order valence-electron chi connectivity index (χ4n) is 2.99. The Morgan fingerprint density at radius 3 is 2.53 bits per heavy atom. The Balaban J connectivity index is 2.13. The van der Waals surface area contributed by atoms with Crippen molar-refractivity contribution >= 4 is 33.1 Å². The highest BCUT2D eigenvalue weighted by molar-refractivity contribution is 7.92. The molecule has 0 saturated heterocycles. The summed E-state index contributed by atoms with van der Waals surface area (Å²) in [4.78, 5) is 12.8. The summed E-state index contributed by atoms with van der Waals surface area (Å²) in [5, 5.41) is 6.07. The number of esters is 1. The normalized spacial score (nSPS) is 17.2. The largest absolute Gasteiger partial charge is 0.494 e. The topological polar surface area (TPSA) is 93.7 Å². The van der Waals surface area contributed by atoms with E-state index in [1.807, 2.05) is 31.2 Å². The van der Waals surface area contributed by atoms with Crippen LogP contribution in [0.4, 0.5) is 0 Å². The molecule has 1 heterocycles. The minimum absolute atomic E-state index is 0.142. The van der Waals surface area contributed by atoms with Crippen LogP contribution in [0.3, 0.4) is 0 Å². The van der Waals surface area contributed by atoms with Gasteiger partial charge in [0.05, 0.1) is 35.3 Å². The number of rotatable bonds is 8. The van der Waals surface area contributed by atoms with E-state index in [0.717, 1.165) is 11.3 Å². The van der Waals surface area contributed by atoms with Crippen LogP contribution in [0.25, 0.3) is 0 Å². The van der Waals surface area contributed by atoms with Gasteiger partial charge in [0.15, 0.2) is 14.9 Å². The summed E-state index contributed by atoms with van der Waals surface area (Å²) in [5.74, 6) is -0.0715. The van der Waals surface area contributed by atoms with E-state index in [0.29, 0.717) is 18.7 Å². The first-order valence-electron chi connectivity index (χ1n) is 9.84. The van der Waals surface area contributed by atoms with Crippen molar-refractivity contribution in [3.63, 3.8) is 0 Å². The van der Waals surface area contributed by atoms with Crippen LogP contribution in [0.5, 0.6) is 5.75 Å². The van der Waals surface area contributed by atoms with Crippen molar-refractivity contribution in [1.82, 2.24) is 10.6 Å². The quantitative estimate of drug-likeness (QED) is 0.457. The van der Waals surface area contributed by atoms with Crippen molar-refractivity contribution in [3.05, 3.63) is 41.1 Å². The van der Waals surface area contributed by atoms with Crippen LogP contribution < -0.4 is 15.4 Å². The minimum atomic E-state index is -3.49. The second-order valence-electron chi connectivity index (χ2n) is 8.01. The highest BCUT2D eigenvalue weighted by Crippen LogP contribution is 2.23. The molecule has 1 aromatic carbocycles. The first-order chi connectivity index (χ1) is 14.0. The van der Waals surface area contributed by atoms with E-state index in [1.165, 1.54) is 0 Å². The molecule has 0 aromatic heterocycles. The third-order valence-electron chi connectivity index (χ3n) is 4.77. The molecule has 0 fully saturated rings. The van der Waals surface area contributed by atoms with Crippen LogP contribution in [0, 0.1) is 0 Å². The van der Waals surface area contributed by atoms with Crippen LogP contribution in [-0.2, 0) is 25.8 Å². The highest BCUT2D eigenvalue weighted by Gasteiger charge is 2.37. The molecule has 0 radical (unpaired) electrons. The van der Waals surface area contributed by atoms with Crippen molar-refractivity contribution in [2.24, 2.45) is 0 Å². The van der Waals surface area contributed by atoms with E-state index in [9.17, 15) is 13.2 Å². The molecule has 2 N–H and O–H groups in total. The summed E-state index contributed by atoms with van der Waals surface area (Å²) in [6.45, 7) is 9.17. The van der Waals surface area contributed by atoms with E-state index in [-0.39, 0.29) is 23.0 Å². The summed E-state index contributed by atoms with van der Waals surface area (Å²) >= 11 is 5.16. The molecule has 1 atom stereocenters. The zero-order chi connectivity index (χ0) is 22.5. The average molecular weight is 455 g/mol. The Morgan fingerprint density at radius 1 is 1.23 bits per heavy atom. The smallest absolute Gasteiger partial charge is 0.337 e. The average Bonchev–Trinajstić information content (AvgIpc) is 2.61. The molecule has 1 aliphatic heterocycles. The fraction of sp³-hybridized carbons (Fsp3) is 0.524. The maximum atomic E-state index is 12.8. The zero-order valence-electron chi connectivity index (χ0n) is 18.1. The van der Waals surface area contributed by atoms with Gasteiger partial charge in [-0.1, -0.05) is 18.2 Å². The van der Waals surface area contributed by atoms with E-state index in [2.05, 4.69) is 10.6 Å². The van der Waals surface area contributed by atoms with Gasteiger partial charge in [0, 0.05) is 12.1 Å². The first-order valence-corrected chi connectivity index (χ1v) is 11.9. The second-order valence-corrected chi connectivity index (χ2v) is 11.2. The van der Waals surface area contributed by atoms with Gasteiger partial charge in [0.25, 0.3) is 0 Å². The van der Waals surface area contributed by atoms with Crippen LogP contribution >= 0.6 is 12.2 Å². The molecule has 2 rings (SSSR count). The van der Waals surface area contributed by atoms with Crippen molar-refractivity contribution in [1.29, 1.82) is 0 Å². The van der Waals surface area contributed by atoms with Crippen LogP contribution in [0.2, 0.25) is 0 Å². The van der Waals surface area contributed by atoms with Gasteiger partial charge in [0.2, 0.25) is 0 Å². The highest BCUT2D eigenvalue weighted by atomic mass is 32.2. The van der Waals surface area contributed by atoms with E-state index >= 15 is 0 Å². The summed E-state index contributed by atoms with van der Waals surface area (Å²) in [5.41, 5.74) is 1.67. The maximum absolute atomic E-state index is 12.8. The third-order valence-corrected chi connectivity index (χ3v) is 7.63. The van der Waals surface area contributed by atoms with Gasteiger partial charge < -0.3 is 20.1 Å². The lowest BCUT2D eigenvalue weighted by Crippen LogP contribution is -2.53. The lowest BCUT2D eigenvalue weighted by atomic mass is 10.1. The number of allylic oxidation sites excluding steroid dienone is 1. The molecule has 7 nitrogen and oxygen atoms in total. The van der Waals surface area contributed by atoms with Crippen LogP contribution in [-0.4, -0.2) is 49.3 Å². The molecule has 0 spiro atoms. The fourth-order valence-corrected chi connectivity index (χ4v) is 4.48. The molecule has 1 aliphatic rings. The van der Waals surface area contributed by atoms with Gasteiger partial charge in [-0.2, -0.15) is 0 Å². The summed E-state index contributed by atoms with van der Waals surface area (Å²) in [6.07, 6.45) is 0.485. The van der Waals surface area contributed by atoms with Crippen molar-refractivity contribution < 1.29 is 22.7 Å². The third kappa shape index (κ3) is 5.95. The molecule has 1 unspecified atom stereocenters. The number of hydrogen-bond donors (Lipinski definition) is 2. The monoisotopic (exact) mass is 454 g/mol. The Morgan fingerprint density at radius 2 is 1.90 bits per heavy atom. The molecular weight excluding hydrogens is 424 g/mol. The van der Waals surface area contributed by atoms with Crippen molar-refractivity contribution in [2.45, 2.75) is 51.8 Å². The Bertz CT molecular complexity index is 933. The molecule has 0 saturated carbocycles. The molecule has 0 aliphatic carbocycles. The lowest BCUT2D eigenvalue weighted by molar-refractivity contribution is -0.139. The maximum Gasteiger partial charge on any atom is 0.337 e. The van der Waals surface area contributed by atoms with Gasteiger partial charge in [0.1, 0.15) is 5.75 Å². The number of para-hydroxylation sites is 1. The Kier molecular flexibility index (Phi) is 7.87. The number of ether oxygens (including phenoxy) is 2. The number of carbonyl (C=O) groups is 1. The SMILES string of the molecule is CCOc1ccccc1CCOC(=O)C1=C(C)NC(=S)NC1CS(=O)(=O)C(C)(C)C. The van der Waals surface area contributed by atoms with Gasteiger partial charge in [-0.05, 0) is 58.5 Å². The molecule has 0 amide bonds. The predicted octanol–water partition coefficient (Wildman–Crippen LogP) is 2.50. The predicted molar refractivity (Wildman–Crippen MR) is 121 cm³/mol. The number of carbonyl (C=O) groups excluding carboxylic acids is 1. The second kappa shape index (κ2) is 9.78. The molecule has 0 bridgehead atoms. The Hall–Kier alpha value is -2.13. The summed E-state index contributed by atoms with van der Waals surface area (Å²) < 4.78 is 35.5. The zero-order valence-corrected chi connectivity index (χ0v) is 19.7. The lowest BCUT2D eigenvalue weighted by Gasteiger charge is -2.31. The van der Waals surface area contributed by atoms with Crippen molar-refractivity contribution in [2.75, 3.05) is 19.0 Å². The van der Waals surface area contributed by atoms with E-state index in [1.54, 1.807) is 27.7 Å². The summed E-state index contributed by atoms with van der Waals surface area (Å²) in [6, 6.07) is 6.81. The van der Waals surface area contributed by atoms with Gasteiger partial charge >= 0.3 is 5.97 Å². The molecule has 30 heavy (non-hydrogen) atoms. The summed E-state index contributed by atoms with van der Waals surface area (Å²) in [7, 11) is -3.49. The van der Waals surface area contributed by atoms with Crippen LogP contribution in [0.15, 0.2) is 35.5 Å². The van der Waals surface area contributed by atoms with Gasteiger partial charge in [-0.25, -0.2) is 13.2 Å². The van der Waals surface area contributed by atoms with E-state index in [4.69, 9.17) is 21.7 Å². The van der Waals surface area contributed by atoms with Crippen LogP contribution in [0.1, 0.15) is 40.2 Å². The first kappa shape index (κ1) is 24.1. The number of hydrogen-bond acceptors (Lipinski definition) is 6. The molecule has 9 heteroatoms. The number of sulfone groups is 1. The van der Waals surface area contributed by atoms with Gasteiger partial charge in [-0.3, -0.25) is 0 Å². The Labute approximate surface area is 184 Å². The standard InChI is InChI=1S/C21H30N2O5S2/c1-6-27-17-10-8-7-9-15(17)11-12-28-19(24)18-14(2)22-20(29)23-16(18)13-30(25,26)21(3,4)5/h7-10,16H,6,11-13H2,1-5H3,(H2,22,23,29). The number of nitrogens with one attached hydrogen (secondary N) is 2. The number of thiocarbonyl (C=S) groups is 1.